The molecule has 88 valence electrons. The molecule has 3 rings (SSSR count). The molecule has 0 saturated heterocycles. The highest BCUT2D eigenvalue weighted by atomic mass is 16.3. The van der Waals surface area contributed by atoms with E-state index in [2.05, 4.69) is 34.5 Å². The van der Waals surface area contributed by atoms with E-state index >= 15 is 0 Å². The van der Waals surface area contributed by atoms with E-state index in [4.69, 9.17) is 0 Å². The molecule has 1 aliphatic heterocycles. The second-order valence-corrected chi connectivity index (χ2v) is 4.59. The summed E-state index contributed by atoms with van der Waals surface area (Å²) in [7, 11) is 0. The zero-order chi connectivity index (χ0) is 11.7. The molecule has 2 aliphatic rings. The summed E-state index contributed by atoms with van der Waals surface area (Å²) in [5, 5.41) is 4.59. The van der Waals surface area contributed by atoms with Crippen LogP contribution in [0.25, 0.3) is 0 Å². The second-order valence-electron chi connectivity index (χ2n) is 4.59. The van der Waals surface area contributed by atoms with Crippen LogP contribution in [0.5, 0.6) is 0 Å². The summed E-state index contributed by atoms with van der Waals surface area (Å²) >= 11 is 0. The fourth-order valence-electron chi connectivity index (χ4n) is 2.85. The summed E-state index contributed by atoms with van der Waals surface area (Å²) in [6.45, 7) is 1.33. The lowest BCUT2D eigenvalue weighted by Gasteiger charge is -2.27. The number of rotatable bonds is 2. The van der Waals surface area contributed by atoms with Gasteiger partial charge >= 0.3 is 0 Å². The van der Waals surface area contributed by atoms with Crippen molar-refractivity contribution in [3.8, 4) is 0 Å². The molecule has 0 spiro atoms. The van der Waals surface area contributed by atoms with E-state index in [1.165, 1.54) is 16.1 Å². The molecule has 0 saturated carbocycles. The number of benzene rings is 1. The number of fused-ring (bicyclic) bond motifs is 1. The van der Waals surface area contributed by atoms with Crippen molar-refractivity contribution in [3.63, 3.8) is 0 Å². The molecule has 4 heteroatoms. The molecule has 0 amide bonds. The topological polar surface area (TPSA) is 45.0 Å². The Morgan fingerprint density at radius 3 is 3.12 bits per heavy atom. The molecule has 1 aromatic rings. The number of hydrogen-bond acceptors (Lipinski definition) is 3. The summed E-state index contributed by atoms with van der Waals surface area (Å²) in [6, 6.07) is 8.47. The van der Waals surface area contributed by atoms with Crippen molar-refractivity contribution in [2.45, 2.75) is 25.2 Å². The van der Waals surface area contributed by atoms with Crippen molar-refractivity contribution in [1.29, 1.82) is 0 Å². The van der Waals surface area contributed by atoms with E-state index in [-0.39, 0.29) is 5.92 Å². The highest BCUT2D eigenvalue weighted by Crippen LogP contribution is 2.34. The molecule has 0 radical (unpaired) electrons. The molecule has 0 aromatic heterocycles. The van der Waals surface area contributed by atoms with Crippen molar-refractivity contribution in [2.24, 2.45) is 10.3 Å². The van der Waals surface area contributed by atoms with E-state index in [1.54, 1.807) is 0 Å². The molecule has 4 nitrogen and oxygen atoms in total. The zero-order valence-electron chi connectivity index (χ0n) is 9.67. The third-order valence-electron chi connectivity index (χ3n) is 3.63. The Labute approximate surface area is 100 Å². The summed E-state index contributed by atoms with van der Waals surface area (Å²) in [6.07, 6.45) is 3.36. The van der Waals surface area contributed by atoms with E-state index in [9.17, 15) is 4.91 Å². The quantitative estimate of drug-likeness (QED) is 0.731. The normalized spacial score (nSPS) is 23.2. The Balaban J connectivity index is 1.98. The number of aryl methyl sites for hydroxylation is 1. The Hall–Kier alpha value is -1.71. The molecule has 1 aliphatic carbocycles. The molecule has 1 atom stereocenters. The zero-order valence-corrected chi connectivity index (χ0v) is 9.67. The van der Waals surface area contributed by atoms with Crippen LogP contribution in [0.3, 0.4) is 0 Å². The largest absolute Gasteiger partial charge is 0.268 e. The molecule has 1 heterocycles. The summed E-state index contributed by atoms with van der Waals surface area (Å²) in [4.78, 5) is 15.2. The van der Waals surface area contributed by atoms with Gasteiger partial charge in [-0.15, -0.1) is 4.91 Å². The maximum atomic E-state index is 10.8. The van der Waals surface area contributed by atoms with Gasteiger partial charge in [0.1, 0.15) is 5.84 Å². The Morgan fingerprint density at radius 2 is 2.24 bits per heavy atom. The van der Waals surface area contributed by atoms with Gasteiger partial charge in [-0.3, -0.25) is 4.99 Å². The lowest BCUT2D eigenvalue weighted by molar-refractivity contribution is 0.457. The maximum absolute atomic E-state index is 10.8. The van der Waals surface area contributed by atoms with Gasteiger partial charge < -0.3 is 0 Å². The van der Waals surface area contributed by atoms with Crippen LogP contribution in [0.2, 0.25) is 0 Å². The van der Waals surface area contributed by atoms with Gasteiger partial charge in [-0.05, 0) is 30.4 Å². The standard InChI is InChI=1S/C13H15N3O/c17-15-16-9-8-14-13(16)12-7-3-5-10-4-1-2-6-11(10)12/h1-2,4,6,12H,3,5,7-9H2. The van der Waals surface area contributed by atoms with Crippen LogP contribution in [-0.4, -0.2) is 23.9 Å². The van der Waals surface area contributed by atoms with Gasteiger partial charge in [-0.25, -0.2) is 5.01 Å². The number of hydrogen-bond donors (Lipinski definition) is 0. The van der Waals surface area contributed by atoms with Crippen molar-refractivity contribution in [3.05, 3.63) is 40.3 Å². The minimum Gasteiger partial charge on any atom is -0.268 e. The van der Waals surface area contributed by atoms with Crippen LogP contribution in [0.4, 0.5) is 0 Å². The monoisotopic (exact) mass is 229 g/mol. The van der Waals surface area contributed by atoms with Gasteiger partial charge in [-0.2, -0.15) is 0 Å². The third-order valence-corrected chi connectivity index (χ3v) is 3.63. The fourth-order valence-corrected chi connectivity index (χ4v) is 2.85. The molecule has 1 aromatic carbocycles. The summed E-state index contributed by atoms with van der Waals surface area (Å²) in [5.74, 6) is 1.13. The number of nitroso groups, excluding NO2 is 1. The van der Waals surface area contributed by atoms with Gasteiger partial charge in [0.2, 0.25) is 0 Å². The van der Waals surface area contributed by atoms with Crippen LogP contribution in [-0.2, 0) is 6.42 Å². The third kappa shape index (κ3) is 1.73. The van der Waals surface area contributed by atoms with Crippen molar-refractivity contribution in [1.82, 2.24) is 5.01 Å². The van der Waals surface area contributed by atoms with Crippen LogP contribution in [0, 0.1) is 4.91 Å². The van der Waals surface area contributed by atoms with E-state index < -0.39 is 0 Å². The van der Waals surface area contributed by atoms with E-state index in [0.717, 1.165) is 25.1 Å². The van der Waals surface area contributed by atoms with Crippen molar-refractivity contribution >= 4 is 5.84 Å². The smallest absolute Gasteiger partial charge is 0.130 e. The van der Waals surface area contributed by atoms with Gasteiger partial charge in [0.15, 0.2) is 0 Å². The van der Waals surface area contributed by atoms with Crippen molar-refractivity contribution in [2.75, 3.05) is 13.1 Å². The lowest BCUT2D eigenvalue weighted by Crippen LogP contribution is -2.29. The first kappa shape index (κ1) is 10.4. The molecule has 1 unspecified atom stereocenters. The Bertz CT molecular complexity index is 469. The minimum absolute atomic E-state index is 0.264. The first-order valence-electron chi connectivity index (χ1n) is 6.13. The van der Waals surface area contributed by atoms with Crippen LogP contribution >= 0.6 is 0 Å². The van der Waals surface area contributed by atoms with Gasteiger partial charge in [0, 0.05) is 5.92 Å². The van der Waals surface area contributed by atoms with E-state index in [0.29, 0.717) is 13.1 Å². The fraction of sp³-hybridized carbons (Fsp3) is 0.462. The number of nitrogens with zero attached hydrogens (tertiary/aromatic N) is 3. The predicted molar refractivity (Wildman–Crippen MR) is 66.9 cm³/mol. The van der Waals surface area contributed by atoms with Crippen LogP contribution in [0.15, 0.2) is 34.5 Å². The highest BCUT2D eigenvalue weighted by Gasteiger charge is 2.30. The average Bonchev–Trinajstić information content (AvgIpc) is 2.86. The summed E-state index contributed by atoms with van der Waals surface area (Å²) in [5.41, 5.74) is 2.72. The van der Waals surface area contributed by atoms with Gasteiger partial charge in [0.05, 0.1) is 18.4 Å². The molecule has 17 heavy (non-hydrogen) atoms. The Morgan fingerprint density at radius 1 is 1.35 bits per heavy atom. The molecule has 0 fully saturated rings. The highest BCUT2D eigenvalue weighted by molar-refractivity contribution is 5.90. The predicted octanol–water partition coefficient (Wildman–Crippen LogP) is 2.50. The van der Waals surface area contributed by atoms with Crippen LogP contribution < -0.4 is 0 Å². The number of amidine groups is 1. The van der Waals surface area contributed by atoms with Gasteiger partial charge in [0.25, 0.3) is 0 Å². The SMILES string of the molecule is O=NN1CCN=C1C1CCCc2ccccc21. The summed E-state index contributed by atoms with van der Waals surface area (Å²) < 4.78 is 0. The van der Waals surface area contributed by atoms with Gasteiger partial charge in [-0.1, -0.05) is 24.3 Å². The molecular weight excluding hydrogens is 214 g/mol. The molecule has 0 N–H and O–H groups in total. The van der Waals surface area contributed by atoms with E-state index in [1.807, 2.05) is 0 Å². The maximum Gasteiger partial charge on any atom is 0.130 e. The first-order chi connectivity index (χ1) is 8.40. The minimum atomic E-state index is 0.264. The molecule has 0 bridgehead atoms. The average molecular weight is 229 g/mol. The lowest BCUT2D eigenvalue weighted by atomic mass is 9.82. The van der Waals surface area contributed by atoms with Crippen molar-refractivity contribution < 1.29 is 0 Å². The number of aliphatic imine (C=N–C) groups is 1. The van der Waals surface area contributed by atoms with Crippen LogP contribution in [0.1, 0.15) is 29.9 Å². The Kier molecular flexibility index (Phi) is 2.63. The first-order valence-corrected chi connectivity index (χ1v) is 6.13. The molecular formula is C13H15N3O. The second kappa shape index (κ2) is 4.28.